The SMILES string of the molecule is C=CCCCCCNC1C2CCC(C2)C1C(=O)O. The van der Waals surface area contributed by atoms with E-state index in [2.05, 4.69) is 11.9 Å². The molecule has 0 amide bonds. The average Bonchev–Trinajstić information content (AvgIpc) is 2.93. The third kappa shape index (κ3) is 2.94. The predicted molar refractivity (Wildman–Crippen MR) is 72.4 cm³/mol. The Hall–Kier alpha value is -0.830. The Bertz CT molecular complexity index is 303. The summed E-state index contributed by atoms with van der Waals surface area (Å²) < 4.78 is 0. The Morgan fingerprint density at radius 3 is 2.78 bits per heavy atom. The first-order valence-corrected chi connectivity index (χ1v) is 7.31. The largest absolute Gasteiger partial charge is 0.481 e. The van der Waals surface area contributed by atoms with E-state index in [1.807, 2.05) is 6.08 Å². The summed E-state index contributed by atoms with van der Waals surface area (Å²) in [6.07, 6.45) is 10.1. The summed E-state index contributed by atoms with van der Waals surface area (Å²) in [7, 11) is 0. The van der Waals surface area contributed by atoms with Crippen molar-refractivity contribution in [2.45, 2.75) is 51.0 Å². The molecular weight excluding hydrogens is 226 g/mol. The van der Waals surface area contributed by atoms with Crippen molar-refractivity contribution in [1.29, 1.82) is 0 Å². The minimum absolute atomic E-state index is 0.128. The molecule has 0 radical (unpaired) electrons. The van der Waals surface area contributed by atoms with Crippen LogP contribution in [0.25, 0.3) is 0 Å². The highest BCUT2D eigenvalue weighted by Gasteiger charge is 2.50. The highest BCUT2D eigenvalue weighted by Crippen LogP contribution is 2.48. The molecular formula is C15H25NO2. The smallest absolute Gasteiger partial charge is 0.308 e. The van der Waals surface area contributed by atoms with Gasteiger partial charge in [-0.2, -0.15) is 0 Å². The second kappa shape index (κ2) is 6.37. The normalized spacial score (nSPS) is 33.8. The molecule has 18 heavy (non-hydrogen) atoms. The molecule has 0 aliphatic heterocycles. The zero-order chi connectivity index (χ0) is 13.0. The van der Waals surface area contributed by atoms with E-state index in [9.17, 15) is 9.90 Å². The number of unbranched alkanes of at least 4 members (excludes halogenated alkanes) is 3. The highest BCUT2D eigenvalue weighted by molar-refractivity contribution is 5.72. The minimum atomic E-state index is -0.591. The number of aliphatic carboxylic acids is 1. The van der Waals surface area contributed by atoms with Gasteiger partial charge in [0, 0.05) is 6.04 Å². The van der Waals surface area contributed by atoms with E-state index in [0.29, 0.717) is 11.8 Å². The van der Waals surface area contributed by atoms with E-state index < -0.39 is 5.97 Å². The Kier molecular flexibility index (Phi) is 4.81. The number of hydrogen-bond donors (Lipinski definition) is 2. The van der Waals surface area contributed by atoms with Crippen molar-refractivity contribution in [2.75, 3.05) is 6.54 Å². The number of fused-ring (bicyclic) bond motifs is 2. The molecule has 0 heterocycles. The molecule has 2 bridgehead atoms. The monoisotopic (exact) mass is 251 g/mol. The third-order valence-corrected chi connectivity index (χ3v) is 4.67. The molecule has 3 nitrogen and oxygen atoms in total. The van der Waals surface area contributed by atoms with E-state index in [1.165, 1.54) is 19.3 Å². The standard InChI is InChI=1S/C15H25NO2/c1-2-3-4-5-6-9-16-14-12-8-7-11(10-12)13(14)15(17)18/h2,11-14,16H,1,3-10H2,(H,17,18). The molecule has 4 unspecified atom stereocenters. The van der Waals surface area contributed by atoms with Crippen LogP contribution in [0.15, 0.2) is 12.7 Å². The number of allylic oxidation sites excluding steroid dienone is 1. The number of rotatable bonds is 8. The van der Waals surface area contributed by atoms with Gasteiger partial charge in [0.2, 0.25) is 0 Å². The molecule has 0 saturated heterocycles. The summed E-state index contributed by atoms with van der Waals surface area (Å²) in [5, 5.41) is 12.8. The van der Waals surface area contributed by atoms with Crippen LogP contribution in [0.4, 0.5) is 0 Å². The van der Waals surface area contributed by atoms with Gasteiger partial charge in [-0.05, 0) is 56.9 Å². The molecule has 2 rings (SSSR count). The third-order valence-electron chi connectivity index (χ3n) is 4.67. The van der Waals surface area contributed by atoms with Gasteiger partial charge >= 0.3 is 5.97 Å². The minimum Gasteiger partial charge on any atom is -0.481 e. The summed E-state index contributed by atoms with van der Waals surface area (Å²) in [5.74, 6) is 0.332. The number of hydrogen-bond acceptors (Lipinski definition) is 2. The van der Waals surface area contributed by atoms with Crippen molar-refractivity contribution >= 4 is 5.97 Å². The first-order chi connectivity index (χ1) is 8.74. The lowest BCUT2D eigenvalue weighted by molar-refractivity contribution is -0.144. The van der Waals surface area contributed by atoms with Crippen LogP contribution in [0.5, 0.6) is 0 Å². The van der Waals surface area contributed by atoms with Gasteiger partial charge in [-0.15, -0.1) is 6.58 Å². The fraction of sp³-hybridized carbons (Fsp3) is 0.800. The van der Waals surface area contributed by atoms with Crippen molar-refractivity contribution in [3.8, 4) is 0 Å². The van der Waals surface area contributed by atoms with E-state index in [0.717, 1.165) is 32.2 Å². The first kappa shape index (κ1) is 13.6. The van der Waals surface area contributed by atoms with Crippen LogP contribution in [0.3, 0.4) is 0 Å². The summed E-state index contributed by atoms with van der Waals surface area (Å²) in [6.45, 7) is 4.68. The maximum Gasteiger partial charge on any atom is 0.308 e. The average molecular weight is 251 g/mol. The maximum atomic E-state index is 11.3. The lowest BCUT2D eigenvalue weighted by Gasteiger charge is -2.29. The van der Waals surface area contributed by atoms with Crippen LogP contribution in [0.2, 0.25) is 0 Å². The van der Waals surface area contributed by atoms with Crippen LogP contribution in [-0.4, -0.2) is 23.7 Å². The van der Waals surface area contributed by atoms with Crippen molar-refractivity contribution in [2.24, 2.45) is 17.8 Å². The highest BCUT2D eigenvalue weighted by atomic mass is 16.4. The molecule has 3 heteroatoms. The Morgan fingerprint density at radius 1 is 1.28 bits per heavy atom. The molecule has 2 aliphatic carbocycles. The second-order valence-corrected chi connectivity index (χ2v) is 5.82. The first-order valence-electron chi connectivity index (χ1n) is 7.31. The molecule has 0 aromatic rings. The van der Waals surface area contributed by atoms with E-state index >= 15 is 0 Å². The summed E-state index contributed by atoms with van der Waals surface area (Å²) in [6, 6.07) is 0.237. The fourth-order valence-electron chi connectivity index (χ4n) is 3.80. The quantitative estimate of drug-likeness (QED) is 0.515. The number of carboxylic acids is 1. The van der Waals surface area contributed by atoms with Gasteiger partial charge in [0.05, 0.1) is 5.92 Å². The number of nitrogens with one attached hydrogen (secondary N) is 1. The van der Waals surface area contributed by atoms with E-state index in [1.54, 1.807) is 0 Å². The zero-order valence-corrected chi connectivity index (χ0v) is 11.1. The Labute approximate surface area is 110 Å². The summed E-state index contributed by atoms with van der Waals surface area (Å²) in [5.41, 5.74) is 0. The Balaban J connectivity index is 1.71. The topological polar surface area (TPSA) is 49.3 Å². The molecule has 0 aromatic heterocycles. The van der Waals surface area contributed by atoms with Gasteiger partial charge in [-0.25, -0.2) is 0 Å². The molecule has 2 N–H and O–H groups in total. The van der Waals surface area contributed by atoms with Crippen LogP contribution < -0.4 is 5.32 Å². The van der Waals surface area contributed by atoms with Gasteiger partial charge in [-0.1, -0.05) is 12.5 Å². The maximum absolute atomic E-state index is 11.3. The van der Waals surface area contributed by atoms with E-state index in [-0.39, 0.29) is 12.0 Å². The zero-order valence-electron chi connectivity index (χ0n) is 11.1. The van der Waals surface area contributed by atoms with Crippen LogP contribution in [-0.2, 0) is 4.79 Å². The van der Waals surface area contributed by atoms with Crippen LogP contribution in [0.1, 0.15) is 44.9 Å². The van der Waals surface area contributed by atoms with Crippen molar-refractivity contribution in [3.05, 3.63) is 12.7 Å². The van der Waals surface area contributed by atoms with Crippen molar-refractivity contribution in [3.63, 3.8) is 0 Å². The van der Waals surface area contributed by atoms with Crippen LogP contribution >= 0.6 is 0 Å². The molecule has 2 aliphatic rings. The van der Waals surface area contributed by atoms with E-state index in [4.69, 9.17) is 0 Å². The van der Waals surface area contributed by atoms with Gasteiger partial charge in [0.1, 0.15) is 0 Å². The van der Waals surface area contributed by atoms with Gasteiger partial charge in [-0.3, -0.25) is 4.79 Å². The molecule has 4 atom stereocenters. The van der Waals surface area contributed by atoms with Gasteiger partial charge < -0.3 is 10.4 Å². The van der Waals surface area contributed by atoms with Crippen molar-refractivity contribution < 1.29 is 9.90 Å². The Morgan fingerprint density at radius 2 is 2.06 bits per heavy atom. The molecule has 0 spiro atoms. The van der Waals surface area contributed by atoms with Crippen molar-refractivity contribution in [1.82, 2.24) is 5.32 Å². The predicted octanol–water partition coefficient (Wildman–Crippen LogP) is 2.82. The molecule has 2 saturated carbocycles. The summed E-state index contributed by atoms with van der Waals surface area (Å²) in [4.78, 5) is 11.3. The van der Waals surface area contributed by atoms with Gasteiger partial charge in [0.15, 0.2) is 0 Å². The number of carboxylic acid groups (broad SMARTS) is 1. The molecule has 102 valence electrons. The van der Waals surface area contributed by atoms with Crippen LogP contribution in [0, 0.1) is 17.8 Å². The second-order valence-electron chi connectivity index (χ2n) is 5.82. The molecule has 0 aromatic carbocycles. The lowest BCUT2D eigenvalue weighted by Crippen LogP contribution is -2.44. The lowest BCUT2D eigenvalue weighted by atomic mass is 9.84. The summed E-state index contributed by atoms with van der Waals surface area (Å²) >= 11 is 0. The fourth-order valence-corrected chi connectivity index (χ4v) is 3.80. The van der Waals surface area contributed by atoms with Gasteiger partial charge in [0.25, 0.3) is 0 Å². The number of carbonyl (C=O) groups is 1. The molecule has 2 fully saturated rings.